The summed E-state index contributed by atoms with van der Waals surface area (Å²) in [6.07, 6.45) is 1.73. The molecule has 4 nitrogen and oxygen atoms in total. The summed E-state index contributed by atoms with van der Waals surface area (Å²) >= 11 is 5.06. The fourth-order valence-electron chi connectivity index (χ4n) is 1.94. The van der Waals surface area contributed by atoms with Crippen LogP contribution in [0.25, 0.3) is 10.8 Å². The van der Waals surface area contributed by atoms with Gasteiger partial charge in [-0.1, -0.05) is 30.3 Å². The van der Waals surface area contributed by atoms with Gasteiger partial charge in [-0.2, -0.15) is 5.10 Å². The first-order chi connectivity index (χ1) is 9.76. The minimum Gasteiger partial charge on any atom is -0.496 e. The van der Waals surface area contributed by atoms with Gasteiger partial charge in [0.1, 0.15) is 5.75 Å². The zero-order valence-electron chi connectivity index (χ0n) is 11.5. The van der Waals surface area contributed by atoms with Crippen LogP contribution in [-0.4, -0.2) is 25.0 Å². The van der Waals surface area contributed by atoms with Crippen molar-refractivity contribution in [1.29, 1.82) is 0 Å². The molecule has 0 atom stereocenters. The highest BCUT2D eigenvalue weighted by Gasteiger charge is 2.05. The summed E-state index contributed by atoms with van der Waals surface area (Å²) in [5.74, 6) is 0.781. The molecule has 5 heteroatoms. The van der Waals surface area contributed by atoms with Crippen molar-refractivity contribution < 1.29 is 4.74 Å². The van der Waals surface area contributed by atoms with Crippen LogP contribution in [0.3, 0.4) is 0 Å². The lowest BCUT2D eigenvalue weighted by Crippen LogP contribution is -2.31. The number of fused-ring (bicyclic) bond motifs is 1. The van der Waals surface area contributed by atoms with E-state index >= 15 is 0 Å². The fraction of sp³-hybridized carbons (Fsp3) is 0.200. The van der Waals surface area contributed by atoms with Gasteiger partial charge in [-0.15, -0.1) is 0 Å². The second-order valence-corrected chi connectivity index (χ2v) is 4.54. The van der Waals surface area contributed by atoms with E-state index in [0.29, 0.717) is 5.11 Å². The minimum atomic E-state index is 0.503. The largest absolute Gasteiger partial charge is 0.496 e. The Kier molecular flexibility index (Phi) is 4.90. The number of methoxy groups -OCH3 is 1. The number of benzene rings is 2. The van der Waals surface area contributed by atoms with Gasteiger partial charge in [0.15, 0.2) is 5.11 Å². The summed E-state index contributed by atoms with van der Waals surface area (Å²) in [6, 6.07) is 12.1. The van der Waals surface area contributed by atoms with Crippen LogP contribution in [-0.2, 0) is 0 Å². The van der Waals surface area contributed by atoms with Crippen LogP contribution < -0.4 is 15.5 Å². The molecular formula is C15H17N3OS. The summed E-state index contributed by atoms with van der Waals surface area (Å²) < 4.78 is 5.39. The topological polar surface area (TPSA) is 45.7 Å². The molecule has 0 fully saturated rings. The van der Waals surface area contributed by atoms with Crippen molar-refractivity contribution >= 4 is 34.3 Å². The molecule has 2 aromatic carbocycles. The van der Waals surface area contributed by atoms with Gasteiger partial charge in [-0.05, 0) is 36.0 Å². The zero-order valence-corrected chi connectivity index (χ0v) is 12.3. The molecule has 0 aliphatic carbocycles. The molecule has 0 aliphatic heterocycles. The molecule has 20 heavy (non-hydrogen) atoms. The first kappa shape index (κ1) is 14.3. The summed E-state index contributed by atoms with van der Waals surface area (Å²) in [6.45, 7) is 2.74. The molecule has 0 saturated carbocycles. The van der Waals surface area contributed by atoms with Gasteiger partial charge in [0.05, 0.1) is 13.3 Å². The number of thiocarbonyl (C=S) groups is 1. The summed E-state index contributed by atoms with van der Waals surface area (Å²) in [7, 11) is 1.65. The average Bonchev–Trinajstić information content (AvgIpc) is 2.47. The molecule has 2 aromatic rings. The number of hydrazone groups is 1. The van der Waals surface area contributed by atoms with Gasteiger partial charge in [0.25, 0.3) is 0 Å². The van der Waals surface area contributed by atoms with E-state index in [-0.39, 0.29) is 0 Å². The lowest BCUT2D eigenvalue weighted by molar-refractivity contribution is 0.415. The molecule has 104 valence electrons. The number of rotatable bonds is 4. The normalized spacial score (nSPS) is 10.7. The lowest BCUT2D eigenvalue weighted by atomic mass is 10.0. The van der Waals surface area contributed by atoms with Gasteiger partial charge >= 0.3 is 0 Å². The van der Waals surface area contributed by atoms with Gasteiger partial charge in [-0.3, -0.25) is 5.43 Å². The standard InChI is InChI=1S/C15H17N3OS/c1-3-16-15(20)18-17-10-13-12-7-5-4-6-11(12)8-9-14(13)19-2/h4-10H,3H2,1-2H3,(H2,16,18,20). The smallest absolute Gasteiger partial charge is 0.186 e. The van der Waals surface area contributed by atoms with E-state index in [1.54, 1.807) is 13.3 Å². The number of nitrogens with zero attached hydrogens (tertiary/aromatic N) is 1. The minimum absolute atomic E-state index is 0.503. The average molecular weight is 287 g/mol. The SMILES string of the molecule is CCNC(=S)NN=Cc1c(OC)ccc2ccccc12. The Hall–Kier alpha value is -2.14. The Morgan fingerprint density at radius 3 is 2.85 bits per heavy atom. The van der Waals surface area contributed by atoms with Crippen LogP contribution >= 0.6 is 12.2 Å². The van der Waals surface area contributed by atoms with E-state index in [0.717, 1.165) is 28.6 Å². The summed E-state index contributed by atoms with van der Waals surface area (Å²) in [5.41, 5.74) is 3.71. The molecule has 0 spiro atoms. The third-order valence-electron chi connectivity index (χ3n) is 2.85. The van der Waals surface area contributed by atoms with Crippen LogP contribution in [0.4, 0.5) is 0 Å². The number of nitrogens with one attached hydrogen (secondary N) is 2. The summed E-state index contributed by atoms with van der Waals surface area (Å²) in [4.78, 5) is 0. The highest BCUT2D eigenvalue weighted by atomic mass is 32.1. The van der Waals surface area contributed by atoms with Gasteiger partial charge in [0, 0.05) is 12.1 Å². The van der Waals surface area contributed by atoms with Gasteiger partial charge in [-0.25, -0.2) is 0 Å². The van der Waals surface area contributed by atoms with Crippen molar-refractivity contribution in [3.05, 3.63) is 42.0 Å². The van der Waals surface area contributed by atoms with Crippen LogP contribution in [0.1, 0.15) is 12.5 Å². The summed E-state index contributed by atoms with van der Waals surface area (Å²) in [5, 5.41) is 9.87. The first-order valence-electron chi connectivity index (χ1n) is 6.39. The quantitative estimate of drug-likeness (QED) is 0.515. The number of ether oxygens (including phenoxy) is 1. The highest BCUT2D eigenvalue weighted by Crippen LogP contribution is 2.26. The van der Waals surface area contributed by atoms with Crippen LogP contribution in [0.5, 0.6) is 5.75 Å². The molecule has 2 rings (SSSR count). The lowest BCUT2D eigenvalue weighted by Gasteiger charge is -2.08. The monoisotopic (exact) mass is 287 g/mol. The van der Waals surface area contributed by atoms with Crippen molar-refractivity contribution in [3.8, 4) is 5.75 Å². The van der Waals surface area contributed by atoms with Crippen molar-refractivity contribution in [2.45, 2.75) is 6.92 Å². The molecule has 0 heterocycles. The van der Waals surface area contributed by atoms with Crippen molar-refractivity contribution in [3.63, 3.8) is 0 Å². The van der Waals surface area contributed by atoms with E-state index in [1.165, 1.54) is 0 Å². The van der Waals surface area contributed by atoms with E-state index < -0.39 is 0 Å². The molecule has 0 bridgehead atoms. The Morgan fingerprint density at radius 2 is 2.10 bits per heavy atom. The first-order valence-corrected chi connectivity index (χ1v) is 6.79. The molecule has 2 N–H and O–H groups in total. The predicted molar refractivity (Wildman–Crippen MR) is 87.5 cm³/mol. The van der Waals surface area contributed by atoms with E-state index in [9.17, 15) is 0 Å². The molecule has 0 amide bonds. The Morgan fingerprint density at radius 1 is 1.30 bits per heavy atom. The Balaban J connectivity index is 2.31. The highest BCUT2D eigenvalue weighted by molar-refractivity contribution is 7.80. The van der Waals surface area contributed by atoms with Crippen LogP contribution in [0, 0.1) is 0 Å². The molecule has 0 radical (unpaired) electrons. The molecular weight excluding hydrogens is 270 g/mol. The fourth-order valence-corrected chi connectivity index (χ4v) is 2.14. The van der Waals surface area contributed by atoms with E-state index in [4.69, 9.17) is 17.0 Å². The maximum atomic E-state index is 5.39. The second kappa shape index (κ2) is 6.86. The molecule has 0 aliphatic rings. The maximum absolute atomic E-state index is 5.39. The van der Waals surface area contributed by atoms with Gasteiger partial charge < -0.3 is 10.1 Å². The van der Waals surface area contributed by atoms with Crippen molar-refractivity contribution in [2.24, 2.45) is 5.10 Å². The van der Waals surface area contributed by atoms with E-state index in [2.05, 4.69) is 21.9 Å². The third-order valence-corrected chi connectivity index (χ3v) is 3.08. The zero-order chi connectivity index (χ0) is 14.4. The van der Waals surface area contributed by atoms with Crippen molar-refractivity contribution in [1.82, 2.24) is 10.7 Å². The van der Waals surface area contributed by atoms with E-state index in [1.807, 2.05) is 37.3 Å². The Labute approximate surface area is 123 Å². The van der Waals surface area contributed by atoms with Crippen molar-refractivity contribution in [2.75, 3.05) is 13.7 Å². The maximum Gasteiger partial charge on any atom is 0.186 e. The molecule has 0 saturated heterocycles. The van der Waals surface area contributed by atoms with Crippen LogP contribution in [0.15, 0.2) is 41.5 Å². The molecule has 0 unspecified atom stereocenters. The number of hydrogen-bond acceptors (Lipinski definition) is 3. The Bertz CT molecular complexity index is 640. The molecule has 0 aromatic heterocycles. The van der Waals surface area contributed by atoms with Crippen LogP contribution in [0.2, 0.25) is 0 Å². The van der Waals surface area contributed by atoms with Gasteiger partial charge in [0.2, 0.25) is 0 Å². The third kappa shape index (κ3) is 3.24. The predicted octanol–water partition coefficient (Wildman–Crippen LogP) is 2.67. The number of hydrogen-bond donors (Lipinski definition) is 2. The second-order valence-electron chi connectivity index (χ2n) is 4.13.